The van der Waals surface area contributed by atoms with Gasteiger partial charge in [0.2, 0.25) is 0 Å². The van der Waals surface area contributed by atoms with Crippen molar-refractivity contribution in [3.63, 3.8) is 0 Å². The number of nitrogens with zero attached hydrogens (tertiary/aromatic N) is 4. The molecule has 0 spiro atoms. The van der Waals surface area contributed by atoms with Crippen molar-refractivity contribution in [3.8, 4) is 17.0 Å². The molecule has 6 nitrogen and oxygen atoms in total. The Morgan fingerprint density at radius 2 is 1.83 bits per heavy atom. The summed E-state index contributed by atoms with van der Waals surface area (Å²) in [5.74, 6) is 0.823. The zero-order chi connectivity index (χ0) is 16.1. The van der Waals surface area contributed by atoms with Crippen LogP contribution in [0.5, 0.6) is 5.75 Å². The van der Waals surface area contributed by atoms with Gasteiger partial charge in [0.15, 0.2) is 0 Å². The van der Waals surface area contributed by atoms with Gasteiger partial charge in [-0.15, -0.1) is 5.10 Å². The van der Waals surface area contributed by atoms with Crippen LogP contribution in [0.25, 0.3) is 11.3 Å². The number of hydrogen-bond donors (Lipinski definition) is 1. The Morgan fingerprint density at radius 1 is 1.09 bits per heavy atom. The van der Waals surface area contributed by atoms with Gasteiger partial charge in [0, 0.05) is 18.0 Å². The van der Waals surface area contributed by atoms with Crippen molar-refractivity contribution in [1.29, 1.82) is 0 Å². The molecule has 0 saturated heterocycles. The molecule has 0 unspecified atom stereocenters. The zero-order valence-electron chi connectivity index (χ0n) is 12.9. The highest BCUT2D eigenvalue weighted by molar-refractivity contribution is 5.60. The van der Waals surface area contributed by atoms with Crippen LogP contribution >= 0.6 is 0 Å². The quantitative estimate of drug-likeness (QED) is 0.756. The fourth-order valence-electron chi connectivity index (χ4n) is 2.32. The molecule has 0 radical (unpaired) electrons. The molecule has 23 heavy (non-hydrogen) atoms. The fraction of sp³-hybridized carbons (Fsp3) is 0.235. The SMILES string of the molecule is Cc1ccc(OCCn2nnc(CO)c2-c2ccncc2)cc1. The van der Waals surface area contributed by atoms with E-state index in [9.17, 15) is 5.11 Å². The van der Waals surface area contributed by atoms with Crippen LogP contribution in [0.15, 0.2) is 48.8 Å². The minimum absolute atomic E-state index is 0.156. The van der Waals surface area contributed by atoms with Crippen LogP contribution in [0.1, 0.15) is 11.3 Å². The number of aliphatic hydroxyl groups excluding tert-OH is 1. The van der Waals surface area contributed by atoms with Gasteiger partial charge in [-0.3, -0.25) is 4.98 Å². The number of aryl methyl sites for hydroxylation is 1. The highest BCUT2D eigenvalue weighted by atomic mass is 16.5. The number of pyridine rings is 1. The molecule has 2 aromatic heterocycles. The lowest BCUT2D eigenvalue weighted by atomic mass is 10.1. The summed E-state index contributed by atoms with van der Waals surface area (Å²) in [5.41, 5.74) is 3.46. The van der Waals surface area contributed by atoms with E-state index in [1.54, 1.807) is 17.1 Å². The van der Waals surface area contributed by atoms with Crippen LogP contribution in [0.2, 0.25) is 0 Å². The maximum atomic E-state index is 9.46. The van der Waals surface area contributed by atoms with E-state index >= 15 is 0 Å². The molecule has 3 aromatic rings. The Labute approximate surface area is 134 Å². The van der Waals surface area contributed by atoms with Crippen LogP contribution in [-0.4, -0.2) is 31.7 Å². The molecule has 0 amide bonds. The first kappa shape index (κ1) is 15.2. The molecular formula is C17H18N4O2. The van der Waals surface area contributed by atoms with Gasteiger partial charge in [-0.1, -0.05) is 22.9 Å². The van der Waals surface area contributed by atoms with E-state index in [1.165, 1.54) is 5.56 Å². The molecule has 1 aromatic carbocycles. The van der Waals surface area contributed by atoms with Crippen molar-refractivity contribution in [2.75, 3.05) is 6.61 Å². The Morgan fingerprint density at radius 3 is 2.52 bits per heavy atom. The summed E-state index contributed by atoms with van der Waals surface area (Å²) in [6, 6.07) is 11.7. The van der Waals surface area contributed by atoms with Crippen LogP contribution < -0.4 is 4.74 Å². The van der Waals surface area contributed by atoms with Gasteiger partial charge < -0.3 is 9.84 Å². The predicted molar refractivity (Wildman–Crippen MR) is 85.8 cm³/mol. The third-order valence-corrected chi connectivity index (χ3v) is 3.50. The topological polar surface area (TPSA) is 73.1 Å². The predicted octanol–water partition coefficient (Wildman–Crippen LogP) is 2.22. The van der Waals surface area contributed by atoms with Crippen molar-refractivity contribution in [1.82, 2.24) is 20.0 Å². The number of ether oxygens (including phenoxy) is 1. The number of rotatable bonds is 6. The second kappa shape index (κ2) is 7.02. The standard InChI is InChI=1S/C17H18N4O2/c1-13-2-4-15(5-3-13)23-11-10-21-17(16(12-22)19-20-21)14-6-8-18-9-7-14/h2-9,22H,10-12H2,1H3. The first-order chi connectivity index (χ1) is 11.3. The lowest BCUT2D eigenvalue weighted by Crippen LogP contribution is -2.11. The van der Waals surface area contributed by atoms with Crippen molar-refractivity contribution in [2.24, 2.45) is 0 Å². The van der Waals surface area contributed by atoms with E-state index in [0.29, 0.717) is 18.8 Å². The van der Waals surface area contributed by atoms with Gasteiger partial charge in [0.05, 0.1) is 18.8 Å². The molecule has 2 heterocycles. The normalized spacial score (nSPS) is 10.7. The highest BCUT2D eigenvalue weighted by Crippen LogP contribution is 2.21. The molecule has 118 valence electrons. The van der Waals surface area contributed by atoms with E-state index in [1.807, 2.05) is 43.3 Å². The second-order valence-electron chi connectivity index (χ2n) is 5.16. The van der Waals surface area contributed by atoms with Crippen LogP contribution in [0.4, 0.5) is 0 Å². The molecule has 0 atom stereocenters. The first-order valence-corrected chi connectivity index (χ1v) is 7.41. The van der Waals surface area contributed by atoms with Crippen molar-refractivity contribution < 1.29 is 9.84 Å². The smallest absolute Gasteiger partial charge is 0.119 e. The van der Waals surface area contributed by atoms with Crippen molar-refractivity contribution in [3.05, 3.63) is 60.0 Å². The summed E-state index contributed by atoms with van der Waals surface area (Å²) < 4.78 is 7.48. The molecule has 3 rings (SSSR count). The molecule has 0 fully saturated rings. The van der Waals surface area contributed by atoms with Crippen LogP contribution in [0.3, 0.4) is 0 Å². The Kier molecular flexibility index (Phi) is 4.63. The Bertz CT molecular complexity index is 754. The van der Waals surface area contributed by atoms with Gasteiger partial charge in [-0.25, -0.2) is 4.68 Å². The van der Waals surface area contributed by atoms with Gasteiger partial charge in [-0.2, -0.15) is 0 Å². The van der Waals surface area contributed by atoms with Crippen LogP contribution in [0, 0.1) is 6.92 Å². The second-order valence-corrected chi connectivity index (χ2v) is 5.16. The monoisotopic (exact) mass is 310 g/mol. The third kappa shape index (κ3) is 3.54. The fourth-order valence-corrected chi connectivity index (χ4v) is 2.32. The molecule has 0 aliphatic carbocycles. The van der Waals surface area contributed by atoms with E-state index in [-0.39, 0.29) is 6.61 Å². The van der Waals surface area contributed by atoms with Crippen LogP contribution in [-0.2, 0) is 13.2 Å². The maximum Gasteiger partial charge on any atom is 0.119 e. The Hall–Kier alpha value is -2.73. The average molecular weight is 310 g/mol. The summed E-state index contributed by atoms with van der Waals surface area (Å²) in [4.78, 5) is 4.01. The van der Waals surface area contributed by atoms with Gasteiger partial charge >= 0.3 is 0 Å². The maximum absolute atomic E-state index is 9.46. The summed E-state index contributed by atoms with van der Waals surface area (Å²) in [6.45, 7) is 2.89. The van der Waals surface area contributed by atoms with Gasteiger partial charge in [0.1, 0.15) is 18.1 Å². The molecular weight excluding hydrogens is 292 g/mol. The van der Waals surface area contributed by atoms with E-state index in [4.69, 9.17) is 4.74 Å². The number of aromatic nitrogens is 4. The molecule has 0 aliphatic rings. The summed E-state index contributed by atoms with van der Waals surface area (Å²) in [6.07, 6.45) is 3.41. The van der Waals surface area contributed by atoms with Gasteiger partial charge in [0.25, 0.3) is 0 Å². The largest absolute Gasteiger partial charge is 0.492 e. The minimum Gasteiger partial charge on any atom is -0.492 e. The lowest BCUT2D eigenvalue weighted by Gasteiger charge is -2.09. The number of aliphatic hydroxyl groups is 1. The molecule has 1 N–H and O–H groups in total. The highest BCUT2D eigenvalue weighted by Gasteiger charge is 2.14. The molecule has 6 heteroatoms. The summed E-state index contributed by atoms with van der Waals surface area (Å²) in [7, 11) is 0. The minimum atomic E-state index is -0.156. The number of benzene rings is 1. The summed E-state index contributed by atoms with van der Waals surface area (Å²) >= 11 is 0. The van der Waals surface area contributed by atoms with E-state index in [0.717, 1.165) is 17.0 Å². The van der Waals surface area contributed by atoms with Gasteiger partial charge in [-0.05, 0) is 31.2 Å². The molecule has 0 aliphatic heterocycles. The average Bonchev–Trinajstić information content (AvgIpc) is 3.00. The third-order valence-electron chi connectivity index (χ3n) is 3.50. The lowest BCUT2D eigenvalue weighted by molar-refractivity contribution is 0.277. The van der Waals surface area contributed by atoms with E-state index in [2.05, 4.69) is 15.3 Å². The molecule has 0 bridgehead atoms. The zero-order valence-corrected chi connectivity index (χ0v) is 12.9. The van der Waals surface area contributed by atoms with Crippen molar-refractivity contribution in [2.45, 2.75) is 20.1 Å². The summed E-state index contributed by atoms with van der Waals surface area (Å²) in [5, 5.41) is 17.6. The Balaban J connectivity index is 1.73. The number of hydrogen-bond acceptors (Lipinski definition) is 5. The van der Waals surface area contributed by atoms with Crippen molar-refractivity contribution >= 4 is 0 Å². The molecule has 0 saturated carbocycles. The van der Waals surface area contributed by atoms with E-state index < -0.39 is 0 Å². The first-order valence-electron chi connectivity index (χ1n) is 7.41.